The van der Waals surface area contributed by atoms with Gasteiger partial charge >= 0.3 is 6.18 Å². The van der Waals surface area contributed by atoms with Crippen LogP contribution in [0.15, 0.2) is 48.5 Å². The second-order valence-electron chi connectivity index (χ2n) is 4.88. The number of benzene rings is 2. The zero-order valence-corrected chi connectivity index (χ0v) is 11.0. The van der Waals surface area contributed by atoms with Gasteiger partial charge in [-0.2, -0.15) is 13.2 Å². The molecule has 21 heavy (non-hydrogen) atoms. The van der Waals surface area contributed by atoms with E-state index in [4.69, 9.17) is 0 Å². The Morgan fingerprint density at radius 2 is 1.67 bits per heavy atom. The van der Waals surface area contributed by atoms with Gasteiger partial charge in [0.25, 0.3) is 5.91 Å². The summed E-state index contributed by atoms with van der Waals surface area (Å²) in [6, 6.07) is 12.2. The monoisotopic (exact) mass is 291 g/mol. The summed E-state index contributed by atoms with van der Waals surface area (Å²) in [6.45, 7) is 0.407. The largest absolute Gasteiger partial charge is 0.417 e. The van der Waals surface area contributed by atoms with E-state index in [1.54, 1.807) is 12.1 Å². The summed E-state index contributed by atoms with van der Waals surface area (Å²) in [6.07, 6.45) is -3.87. The molecule has 0 saturated carbocycles. The van der Waals surface area contributed by atoms with Crippen LogP contribution in [0.2, 0.25) is 0 Å². The lowest BCUT2D eigenvalue weighted by molar-refractivity contribution is -0.137. The Kier molecular flexibility index (Phi) is 3.20. The van der Waals surface area contributed by atoms with Gasteiger partial charge in [0, 0.05) is 12.2 Å². The van der Waals surface area contributed by atoms with Gasteiger partial charge in [-0.05, 0) is 30.2 Å². The van der Waals surface area contributed by atoms with Crippen LogP contribution < -0.4 is 4.90 Å². The normalized spacial score (nSPS) is 14.1. The summed E-state index contributed by atoms with van der Waals surface area (Å²) in [5.74, 6) is -0.604. The maximum Gasteiger partial charge on any atom is 0.417 e. The molecule has 1 heterocycles. The smallest absolute Gasteiger partial charge is 0.308 e. The molecule has 1 amide bonds. The zero-order valence-electron chi connectivity index (χ0n) is 11.0. The van der Waals surface area contributed by atoms with Gasteiger partial charge < -0.3 is 4.90 Å². The molecule has 2 aromatic rings. The van der Waals surface area contributed by atoms with Crippen LogP contribution in [0.25, 0.3) is 0 Å². The first kappa shape index (κ1) is 13.7. The highest BCUT2D eigenvalue weighted by Gasteiger charge is 2.37. The minimum absolute atomic E-state index is 0.304. The van der Waals surface area contributed by atoms with Gasteiger partial charge in [-0.25, -0.2) is 0 Å². The summed E-state index contributed by atoms with van der Waals surface area (Å²) >= 11 is 0. The van der Waals surface area contributed by atoms with E-state index in [1.807, 2.05) is 12.1 Å². The number of amides is 1. The predicted molar refractivity (Wildman–Crippen MR) is 73.3 cm³/mol. The van der Waals surface area contributed by atoms with Crippen molar-refractivity contribution in [2.75, 3.05) is 11.4 Å². The number of halogens is 3. The number of para-hydroxylation sites is 1. The first-order valence-electron chi connectivity index (χ1n) is 6.54. The molecule has 0 spiro atoms. The highest BCUT2D eigenvalue weighted by atomic mass is 19.4. The van der Waals surface area contributed by atoms with Crippen LogP contribution in [0.4, 0.5) is 18.9 Å². The van der Waals surface area contributed by atoms with Crippen molar-refractivity contribution in [1.29, 1.82) is 0 Å². The second kappa shape index (κ2) is 4.91. The number of rotatable bonds is 1. The lowest BCUT2D eigenvalue weighted by Gasteiger charge is -2.20. The van der Waals surface area contributed by atoms with Crippen LogP contribution in [0.5, 0.6) is 0 Å². The fourth-order valence-corrected chi connectivity index (χ4v) is 2.61. The molecule has 0 bridgehead atoms. The Labute approximate surface area is 119 Å². The lowest BCUT2D eigenvalue weighted by atomic mass is 10.1. The minimum atomic E-state index is -4.54. The molecule has 0 fully saturated rings. The van der Waals surface area contributed by atoms with Crippen molar-refractivity contribution in [2.45, 2.75) is 12.6 Å². The summed E-state index contributed by atoms with van der Waals surface area (Å²) in [5, 5.41) is 0. The van der Waals surface area contributed by atoms with Crippen LogP contribution in [0.1, 0.15) is 21.5 Å². The fraction of sp³-hybridized carbons (Fsp3) is 0.188. The van der Waals surface area contributed by atoms with Crippen molar-refractivity contribution in [1.82, 2.24) is 0 Å². The molecule has 108 valence electrons. The van der Waals surface area contributed by atoms with Gasteiger partial charge in [-0.1, -0.05) is 30.3 Å². The van der Waals surface area contributed by atoms with E-state index in [0.717, 1.165) is 11.6 Å². The lowest BCUT2D eigenvalue weighted by Crippen LogP contribution is -2.30. The molecule has 5 heteroatoms. The van der Waals surface area contributed by atoms with Gasteiger partial charge in [0.2, 0.25) is 0 Å². The zero-order chi connectivity index (χ0) is 15.0. The molecule has 0 N–H and O–H groups in total. The van der Waals surface area contributed by atoms with Crippen LogP contribution in [0.3, 0.4) is 0 Å². The third-order valence-electron chi connectivity index (χ3n) is 3.60. The first-order chi connectivity index (χ1) is 9.98. The molecular weight excluding hydrogens is 279 g/mol. The van der Waals surface area contributed by atoms with Gasteiger partial charge in [-0.15, -0.1) is 0 Å². The average molecular weight is 291 g/mol. The molecule has 0 radical (unpaired) electrons. The van der Waals surface area contributed by atoms with Crippen molar-refractivity contribution < 1.29 is 18.0 Å². The van der Waals surface area contributed by atoms with Crippen molar-refractivity contribution in [3.63, 3.8) is 0 Å². The molecule has 0 saturated heterocycles. The maximum absolute atomic E-state index is 13.0. The number of anilines is 1. The van der Waals surface area contributed by atoms with Crippen LogP contribution in [-0.2, 0) is 12.6 Å². The summed E-state index contributed by atoms with van der Waals surface area (Å²) in [4.78, 5) is 13.9. The summed E-state index contributed by atoms with van der Waals surface area (Å²) in [7, 11) is 0. The fourth-order valence-electron chi connectivity index (χ4n) is 2.61. The van der Waals surface area contributed by atoms with E-state index in [1.165, 1.54) is 23.1 Å². The Balaban J connectivity index is 2.02. The summed E-state index contributed by atoms with van der Waals surface area (Å²) < 4.78 is 39.1. The van der Waals surface area contributed by atoms with E-state index in [2.05, 4.69) is 0 Å². The molecule has 1 aliphatic heterocycles. The molecule has 0 atom stereocenters. The number of nitrogens with zero attached hydrogens (tertiary/aromatic N) is 1. The minimum Gasteiger partial charge on any atom is -0.308 e. The van der Waals surface area contributed by atoms with Gasteiger partial charge in [0.1, 0.15) is 0 Å². The van der Waals surface area contributed by atoms with E-state index < -0.39 is 17.6 Å². The maximum atomic E-state index is 13.0. The topological polar surface area (TPSA) is 20.3 Å². The third-order valence-corrected chi connectivity index (χ3v) is 3.60. The summed E-state index contributed by atoms with van der Waals surface area (Å²) in [5.41, 5.74) is 0.482. The molecule has 0 unspecified atom stereocenters. The molecular formula is C16H12F3NO. The molecule has 0 aromatic heterocycles. The molecule has 3 rings (SSSR count). The molecule has 2 nitrogen and oxygen atoms in total. The SMILES string of the molecule is O=C(c1ccccc1C(F)(F)F)N1CCc2ccccc21. The highest BCUT2D eigenvalue weighted by Crippen LogP contribution is 2.34. The Morgan fingerprint density at radius 1 is 1.00 bits per heavy atom. The average Bonchev–Trinajstić information content (AvgIpc) is 2.89. The number of alkyl halides is 3. The van der Waals surface area contributed by atoms with Crippen LogP contribution >= 0.6 is 0 Å². The second-order valence-corrected chi connectivity index (χ2v) is 4.88. The number of hydrogen-bond acceptors (Lipinski definition) is 1. The Bertz CT molecular complexity index is 694. The van der Waals surface area contributed by atoms with Crippen molar-refractivity contribution in [3.05, 3.63) is 65.2 Å². The third kappa shape index (κ3) is 2.39. The first-order valence-corrected chi connectivity index (χ1v) is 6.54. The van der Waals surface area contributed by atoms with Crippen molar-refractivity contribution >= 4 is 11.6 Å². The Hall–Kier alpha value is -2.30. The quantitative estimate of drug-likeness (QED) is 0.780. The molecule has 1 aliphatic rings. The number of carbonyl (C=O) groups is 1. The number of hydrogen-bond donors (Lipinski definition) is 0. The van der Waals surface area contributed by atoms with Gasteiger partial charge in [0.15, 0.2) is 0 Å². The Morgan fingerprint density at radius 3 is 2.43 bits per heavy atom. The van der Waals surface area contributed by atoms with E-state index >= 15 is 0 Å². The molecule has 2 aromatic carbocycles. The number of fused-ring (bicyclic) bond motifs is 1. The van der Waals surface area contributed by atoms with Crippen LogP contribution in [0, 0.1) is 0 Å². The number of carbonyl (C=O) groups excluding carboxylic acids is 1. The standard InChI is InChI=1S/C16H12F3NO/c17-16(18,19)13-7-3-2-6-12(13)15(21)20-10-9-11-5-1-4-8-14(11)20/h1-8H,9-10H2. The van der Waals surface area contributed by atoms with Crippen LogP contribution in [-0.4, -0.2) is 12.5 Å². The van der Waals surface area contributed by atoms with Gasteiger partial charge in [-0.3, -0.25) is 4.79 Å². The predicted octanol–water partition coefficient (Wildman–Crippen LogP) is 3.91. The van der Waals surface area contributed by atoms with E-state index in [-0.39, 0.29) is 5.56 Å². The van der Waals surface area contributed by atoms with E-state index in [9.17, 15) is 18.0 Å². The van der Waals surface area contributed by atoms with Gasteiger partial charge in [0.05, 0.1) is 11.1 Å². The molecule has 0 aliphatic carbocycles. The van der Waals surface area contributed by atoms with E-state index in [0.29, 0.717) is 18.7 Å². The highest BCUT2D eigenvalue weighted by molar-refractivity contribution is 6.08. The van der Waals surface area contributed by atoms with Crippen molar-refractivity contribution in [2.24, 2.45) is 0 Å². The van der Waals surface area contributed by atoms with Crippen molar-refractivity contribution in [3.8, 4) is 0 Å².